The average Bonchev–Trinajstić information content (AvgIpc) is 2.44. The quantitative estimate of drug-likeness (QED) is 0.827. The van der Waals surface area contributed by atoms with Crippen LogP contribution in [0.4, 0.5) is 0 Å². The summed E-state index contributed by atoms with van der Waals surface area (Å²) >= 11 is 9.66. The Hall–Kier alpha value is -1.03. The second-order valence-electron chi connectivity index (χ2n) is 5.24. The second-order valence-corrected chi connectivity index (χ2v) is 6.46. The van der Waals surface area contributed by atoms with Crippen molar-refractivity contribution in [1.29, 1.82) is 0 Å². The van der Waals surface area contributed by atoms with E-state index in [1.807, 2.05) is 18.2 Å². The van der Waals surface area contributed by atoms with Gasteiger partial charge in [-0.25, -0.2) is 0 Å². The highest BCUT2D eigenvalue weighted by molar-refractivity contribution is 9.10. The highest BCUT2D eigenvalue weighted by atomic mass is 79.9. The Bertz CT molecular complexity index is 634. The molecule has 0 radical (unpaired) electrons. The molecule has 21 heavy (non-hydrogen) atoms. The summed E-state index contributed by atoms with van der Waals surface area (Å²) in [5.41, 5.74) is 10.9. The van der Waals surface area contributed by atoms with Crippen molar-refractivity contribution in [2.24, 2.45) is 5.73 Å². The van der Waals surface area contributed by atoms with Gasteiger partial charge in [-0.1, -0.05) is 39.7 Å². The van der Waals surface area contributed by atoms with Crippen molar-refractivity contribution in [2.45, 2.75) is 26.3 Å². The molecule has 2 aromatic carbocycles. The van der Waals surface area contributed by atoms with Gasteiger partial charge in [-0.2, -0.15) is 0 Å². The molecular formula is C17H19BrClNO. The second kappa shape index (κ2) is 6.82. The summed E-state index contributed by atoms with van der Waals surface area (Å²) < 4.78 is 6.52. The summed E-state index contributed by atoms with van der Waals surface area (Å²) in [6, 6.07) is 9.77. The molecule has 4 heteroatoms. The van der Waals surface area contributed by atoms with Crippen LogP contribution in [0.1, 0.15) is 28.3 Å². The van der Waals surface area contributed by atoms with Crippen LogP contribution < -0.4 is 10.5 Å². The molecule has 2 aromatic rings. The minimum Gasteiger partial charge on any atom is -0.496 e. The van der Waals surface area contributed by atoms with E-state index < -0.39 is 0 Å². The van der Waals surface area contributed by atoms with Crippen molar-refractivity contribution < 1.29 is 4.74 Å². The predicted octanol–water partition coefficient (Wildman–Crippen LogP) is 4.97. The van der Waals surface area contributed by atoms with E-state index in [1.165, 1.54) is 11.1 Å². The van der Waals surface area contributed by atoms with Gasteiger partial charge in [0.1, 0.15) is 5.75 Å². The van der Waals surface area contributed by atoms with Crippen LogP contribution in [0.2, 0.25) is 5.02 Å². The molecule has 1 unspecified atom stereocenters. The first-order valence-corrected chi connectivity index (χ1v) is 7.94. The molecule has 0 saturated carbocycles. The maximum atomic E-state index is 6.37. The number of hydrogen-bond acceptors (Lipinski definition) is 2. The van der Waals surface area contributed by atoms with Gasteiger partial charge < -0.3 is 10.5 Å². The third-order valence-electron chi connectivity index (χ3n) is 3.57. The van der Waals surface area contributed by atoms with Crippen molar-refractivity contribution in [2.75, 3.05) is 7.11 Å². The van der Waals surface area contributed by atoms with E-state index in [0.29, 0.717) is 11.4 Å². The van der Waals surface area contributed by atoms with Crippen LogP contribution in [-0.4, -0.2) is 7.11 Å². The molecule has 1 atom stereocenters. The fourth-order valence-electron chi connectivity index (χ4n) is 2.45. The van der Waals surface area contributed by atoms with Gasteiger partial charge in [0.15, 0.2) is 0 Å². The Kier molecular flexibility index (Phi) is 5.31. The van der Waals surface area contributed by atoms with Gasteiger partial charge in [0, 0.05) is 15.5 Å². The third kappa shape index (κ3) is 3.79. The zero-order valence-electron chi connectivity index (χ0n) is 12.4. The Morgan fingerprint density at radius 3 is 2.38 bits per heavy atom. The van der Waals surface area contributed by atoms with E-state index in [9.17, 15) is 0 Å². The molecule has 0 aliphatic rings. The first kappa shape index (κ1) is 16.3. The standard InChI is InChI=1S/C17H19BrClNO/c1-10-6-12(7-11(2)17(10)18)15(20)9-13-8-14(19)4-5-16(13)21-3/h4-8,15H,9,20H2,1-3H3. The minimum absolute atomic E-state index is 0.0946. The molecular weight excluding hydrogens is 350 g/mol. The lowest BCUT2D eigenvalue weighted by Gasteiger charge is -2.17. The fraction of sp³-hybridized carbons (Fsp3) is 0.294. The van der Waals surface area contributed by atoms with E-state index in [2.05, 4.69) is 41.9 Å². The summed E-state index contributed by atoms with van der Waals surface area (Å²) in [5, 5.41) is 0.696. The summed E-state index contributed by atoms with van der Waals surface area (Å²) in [6.45, 7) is 4.15. The van der Waals surface area contributed by atoms with Crippen molar-refractivity contribution in [3.63, 3.8) is 0 Å². The topological polar surface area (TPSA) is 35.2 Å². The normalized spacial score (nSPS) is 12.3. The van der Waals surface area contributed by atoms with Crippen molar-refractivity contribution in [3.8, 4) is 5.75 Å². The predicted molar refractivity (Wildman–Crippen MR) is 92.3 cm³/mol. The number of hydrogen-bond donors (Lipinski definition) is 1. The van der Waals surface area contributed by atoms with Crippen LogP contribution >= 0.6 is 27.5 Å². The maximum absolute atomic E-state index is 6.37. The maximum Gasteiger partial charge on any atom is 0.122 e. The van der Waals surface area contributed by atoms with Gasteiger partial charge in [0.2, 0.25) is 0 Å². The SMILES string of the molecule is COc1ccc(Cl)cc1CC(N)c1cc(C)c(Br)c(C)c1. The van der Waals surface area contributed by atoms with Gasteiger partial charge in [0.05, 0.1) is 7.11 Å². The van der Waals surface area contributed by atoms with E-state index in [0.717, 1.165) is 21.3 Å². The number of aryl methyl sites for hydroxylation is 2. The number of benzene rings is 2. The Labute approximate surface area is 139 Å². The van der Waals surface area contributed by atoms with Crippen LogP contribution in [-0.2, 0) is 6.42 Å². The van der Waals surface area contributed by atoms with E-state index >= 15 is 0 Å². The average molecular weight is 369 g/mol. The van der Waals surface area contributed by atoms with Gasteiger partial charge in [-0.3, -0.25) is 0 Å². The van der Waals surface area contributed by atoms with E-state index in [4.69, 9.17) is 22.1 Å². The molecule has 2 nitrogen and oxygen atoms in total. The van der Waals surface area contributed by atoms with Crippen LogP contribution in [0.25, 0.3) is 0 Å². The Balaban J connectivity index is 2.30. The molecule has 0 aromatic heterocycles. The number of nitrogens with two attached hydrogens (primary N) is 1. The molecule has 112 valence electrons. The smallest absolute Gasteiger partial charge is 0.122 e. The van der Waals surface area contributed by atoms with Crippen molar-refractivity contribution >= 4 is 27.5 Å². The fourth-order valence-corrected chi connectivity index (χ4v) is 2.88. The first-order valence-electron chi connectivity index (χ1n) is 6.77. The lowest BCUT2D eigenvalue weighted by atomic mass is 9.96. The number of ether oxygens (including phenoxy) is 1. The minimum atomic E-state index is -0.0946. The van der Waals surface area contributed by atoms with Gasteiger partial charge >= 0.3 is 0 Å². The summed E-state index contributed by atoms with van der Waals surface area (Å²) in [5.74, 6) is 0.820. The Morgan fingerprint density at radius 2 is 1.81 bits per heavy atom. The molecule has 0 fully saturated rings. The number of halogens is 2. The number of rotatable bonds is 4. The van der Waals surface area contributed by atoms with Crippen molar-refractivity contribution in [3.05, 3.63) is 62.1 Å². The van der Waals surface area contributed by atoms with Gasteiger partial charge in [-0.05, 0) is 60.7 Å². The zero-order valence-corrected chi connectivity index (χ0v) is 14.8. The molecule has 2 rings (SSSR count). The highest BCUT2D eigenvalue weighted by Gasteiger charge is 2.13. The summed E-state index contributed by atoms with van der Waals surface area (Å²) in [7, 11) is 1.66. The molecule has 0 saturated heterocycles. The largest absolute Gasteiger partial charge is 0.496 e. The zero-order chi connectivity index (χ0) is 15.6. The molecule has 0 amide bonds. The molecule has 0 aliphatic carbocycles. The highest BCUT2D eigenvalue weighted by Crippen LogP contribution is 2.29. The lowest BCUT2D eigenvalue weighted by Crippen LogP contribution is -2.14. The molecule has 2 N–H and O–H groups in total. The molecule has 0 bridgehead atoms. The molecule has 0 spiro atoms. The van der Waals surface area contributed by atoms with Crippen LogP contribution in [0.15, 0.2) is 34.8 Å². The molecule has 0 heterocycles. The number of methoxy groups -OCH3 is 1. The monoisotopic (exact) mass is 367 g/mol. The first-order chi connectivity index (χ1) is 9.92. The Morgan fingerprint density at radius 1 is 1.19 bits per heavy atom. The summed E-state index contributed by atoms with van der Waals surface area (Å²) in [4.78, 5) is 0. The third-order valence-corrected chi connectivity index (χ3v) is 5.06. The van der Waals surface area contributed by atoms with E-state index in [-0.39, 0.29) is 6.04 Å². The molecule has 0 aliphatic heterocycles. The van der Waals surface area contributed by atoms with Crippen molar-refractivity contribution in [1.82, 2.24) is 0 Å². The summed E-state index contributed by atoms with van der Waals surface area (Å²) in [6.07, 6.45) is 0.685. The van der Waals surface area contributed by atoms with Gasteiger partial charge in [0.25, 0.3) is 0 Å². The van der Waals surface area contributed by atoms with Crippen LogP contribution in [0.3, 0.4) is 0 Å². The lowest BCUT2D eigenvalue weighted by molar-refractivity contribution is 0.408. The van der Waals surface area contributed by atoms with Crippen LogP contribution in [0, 0.1) is 13.8 Å². The van der Waals surface area contributed by atoms with Crippen LogP contribution in [0.5, 0.6) is 5.75 Å². The van der Waals surface area contributed by atoms with E-state index in [1.54, 1.807) is 7.11 Å². The van der Waals surface area contributed by atoms with Gasteiger partial charge in [-0.15, -0.1) is 0 Å².